The van der Waals surface area contributed by atoms with Gasteiger partial charge >= 0.3 is 0 Å². The molecule has 2 aliphatic carbocycles. The van der Waals surface area contributed by atoms with Crippen LogP contribution in [-0.2, 0) is 9.53 Å². The molecular weight excluding hydrogens is 304 g/mol. The number of fused-ring (bicyclic) bond motifs is 3. The van der Waals surface area contributed by atoms with Crippen LogP contribution < -0.4 is 0 Å². The van der Waals surface area contributed by atoms with E-state index in [1.807, 2.05) is 20.8 Å². The third kappa shape index (κ3) is 2.51. The summed E-state index contributed by atoms with van der Waals surface area (Å²) < 4.78 is 5.73. The van der Waals surface area contributed by atoms with Crippen LogP contribution in [0.5, 0.6) is 0 Å². The normalized spacial score (nSPS) is 51.5. The standard InChI is InChI=1S/C20H30O4/c1-12-7-6-9-19(4)17(24-19)16(22)14-11-15(21)13(2)18(3,10-8-12)20(14,5)23/h7,11,13,15,17,21,23H,6,8-10H2,1-5H3/b12-7+/t13-,15+,17-,18+,19-,20+/m1/s1. The van der Waals surface area contributed by atoms with E-state index in [1.165, 1.54) is 5.57 Å². The van der Waals surface area contributed by atoms with Gasteiger partial charge in [0.25, 0.3) is 0 Å². The number of rotatable bonds is 0. The summed E-state index contributed by atoms with van der Waals surface area (Å²) in [6.07, 6.45) is 5.82. The van der Waals surface area contributed by atoms with Gasteiger partial charge in [0.1, 0.15) is 11.7 Å². The number of ether oxygens (including phenoxy) is 1. The molecule has 24 heavy (non-hydrogen) atoms. The predicted octanol–water partition coefficient (Wildman–Crippen LogP) is 2.93. The SMILES string of the molecule is C/C1=C\CC[C@@]2(C)O[C@@H]2C(=O)C2=C[C@H](O)[C@@H](C)[C@](C)(CC1)[C@@]2(C)O. The zero-order valence-electron chi connectivity index (χ0n) is 15.4. The van der Waals surface area contributed by atoms with Crippen LogP contribution in [0.15, 0.2) is 23.3 Å². The topological polar surface area (TPSA) is 70.1 Å². The van der Waals surface area contributed by atoms with Gasteiger partial charge in [0.05, 0.1) is 11.7 Å². The highest BCUT2D eigenvalue weighted by molar-refractivity contribution is 6.03. The van der Waals surface area contributed by atoms with Gasteiger partial charge in [-0.15, -0.1) is 0 Å². The van der Waals surface area contributed by atoms with Crippen LogP contribution >= 0.6 is 0 Å². The Hall–Kier alpha value is -0.970. The maximum absolute atomic E-state index is 13.0. The lowest BCUT2D eigenvalue weighted by Gasteiger charge is -2.52. The van der Waals surface area contributed by atoms with Crippen molar-refractivity contribution >= 4 is 5.78 Å². The van der Waals surface area contributed by atoms with Gasteiger partial charge in [0.2, 0.25) is 0 Å². The van der Waals surface area contributed by atoms with E-state index >= 15 is 0 Å². The van der Waals surface area contributed by atoms with Crippen molar-refractivity contribution in [3.8, 4) is 0 Å². The van der Waals surface area contributed by atoms with E-state index in [-0.39, 0.29) is 11.7 Å². The highest BCUT2D eigenvalue weighted by Crippen LogP contribution is 2.54. The Morgan fingerprint density at radius 3 is 2.58 bits per heavy atom. The molecule has 4 heteroatoms. The van der Waals surface area contributed by atoms with Gasteiger partial charge in [0, 0.05) is 11.0 Å². The first-order chi connectivity index (χ1) is 11.0. The molecule has 0 unspecified atom stereocenters. The highest BCUT2D eigenvalue weighted by atomic mass is 16.6. The van der Waals surface area contributed by atoms with Crippen LogP contribution in [0.2, 0.25) is 0 Å². The predicted molar refractivity (Wildman–Crippen MR) is 92.5 cm³/mol. The molecule has 0 aromatic rings. The van der Waals surface area contributed by atoms with E-state index in [2.05, 4.69) is 13.0 Å². The van der Waals surface area contributed by atoms with Crippen molar-refractivity contribution in [1.82, 2.24) is 0 Å². The van der Waals surface area contributed by atoms with Crippen molar-refractivity contribution in [2.45, 2.75) is 83.7 Å². The fraction of sp³-hybridized carbons (Fsp3) is 0.750. The molecule has 0 amide bonds. The van der Waals surface area contributed by atoms with Crippen molar-refractivity contribution in [3.05, 3.63) is 23.3 Å². The van der Waals surface area contributed by atoms with Gasteiger partial charge in [-0.25, -0.2) is 0 Å². The second-order valence-electron chi connectivity index (χ2n) is 8.61. The van der Waals surface area contributed by atoms with Crippen LogP contribution in [0.4, 0.5) is 0 Å². The second kappa shape index (κ2) is 5.52. The fourth-order valence-corrected chi connectivity index (χ4v) is 4.46. The lowest BCUT2D eigenvalue weighted by atomic mass is 9.55. The van der Waals surface area contributed by atoms with Crippen molar-refractivity contribution < 1.29 is 19.7 Å². The van der Waals surface area contributed by atoms with Crippen molar-refractivity contribution in [3.63, 3.8) is 0 Å². The first-order valence-electron chi connectivity index (χ1n) is 9.03. The summed E-state index contributed by atoms with van der Waals surface area (Å²) in [5, 5.41) is 21.9. The first-order valence-corrected chi connectivity index (χ1v) is 9.03. The highest BCUT2D eigenvalue weighted by Gasteiger charge is 2.62. The molecule has 0 radical (unpaired) electrons. The number of epoxide rings is 1. The molecule has 0 aromatic heterocycles. The molecule has 2 bridgehead atoms. The largest absolute Gasteiger partial charge is 0.389 e. The Labute approximate surface area is 144 Å². The number of aliphatic hydroxyl groups excluding tert-OH is 1. The minimum Gasteiger partial charge on any atom is -0.389 e. The molecule has 1 fully saturated rings. The number of aliphatic hydroxyl groups is 2. The van der Waals surface area contributed by atoms with E-state index < -0.39 is 28.8 Å². The summed E-state index contributed by atoms with van der Waals surface area (Å²) in [6, 6.07) is 0. The third-order valence-electron chi connectivity index (χ3n) is 7.05. The Balaban J connectivity index is 2.08. The molecule has 6 atom stereocenters. The summed E-state index contributed by atoms with van der Waals surface area (Å²) in [4.78, 5) is 13.0. The number of allylic oxidation sites excluding steroid dienone is 2. The second-order valence-corrected chi connectivity index (χ2v) is 8.61. The van der Waals surface area contributed by atoms with Crippen LogP contribution in [0.1, 0.15) is 60.3 Å². The Morgan fingerprint density at radius 2 is 1.92 bits per heavy atom. The van der Waals surface area contributed by atoms with Gasteiger partial charge in [-0.1, -0.05) is 25.5 Å². The van der Waals surface area contributed by atoms with Crippen molar-refractivity contribution in [2.75, 3.05) is 0 Å². The van der Waals surface area contributed by atoms with Gasteiger partial charge in [-0.2, -0.15) is 0 Å². The molecule has 2 N–H and O–H groups in total. The number of ketones is 1. The monoisotopic (exact) mass is 334 g/mol. The molecule has 0 saturated carbocycles. The zero-order chi connectivity index (χ0) is 17.9. The number of hydrogen-bond acceptors (Lipinski definition) is 4. The molecule has 0 spiro atoms. The molecule has 0 aromatic carbocycles. The third-order valence-corrected chi connectivity index (χ3v) is 7.05. The molecule has 3 rings (SSSR count). The number of carbonyl (C=O) groups is 1. The lowest BCUT2D eigenvalue weighted by molar-refractivity contribution is -0.131. The molecule has 3 aliphatic rings. The van der Waals surface area contributed by atoms with Gasteiger partial charge in [-0.3, -0.25) is 4.79 Å². The van der Waals surface area contributed by atoms with Crippen LogP contribution in [0.3, 0.4) is 0 Å². The van der Waals surface area contributed by atoms with Crippen molar-refractivity contribution in [1.29, 1.82) is 0 Å². The smallest absolute Gasteiger partial charge is 0.193 e. The molecule has 4 nitrogen and oxygen atoms in total. The van der Waals surface area contributed by atoms with Crippen LogP contribution in [0.25, 0.3) is 0 Å². The van der Waals surface area contributed by atoms with Gasteiger partial charge in [-0.05, 0) is 58.4 Å². The average molecular weight is 334 g/mol. The van der Waals surface area contributed by atoms with Crippen molar-refractivity contribution in [2.24, 2.45) is 11.3 Å². The van der Waals surface area contributed by atoms with Crippen LogP contribution in [-0.4, -0.2) is 39.4 Å². The van der Waals surface area contributed by atoms with Crippen LogP contribution in [0, 0.1) is 11.3 Å². The van der Waals surface area contributed by atoms with E-state index in [0.717, 1.165) is 25.7 Å². The fourth-order valence-electron chi connectivity index (χ4n) is 4.46. The molecule has 1 saturated heterocycles. The Morgan fingerprint density at radius 1 is 1.25 bits per heavy atom. The Bertz CT molecular complexity index is 617. The number of hydrogen-bond donors (Lipinski definition) is 2. The van der Waals surface area contributed by atoms with E-state index in [1.54, 1.807) is 13.0 Å². The molecular formula is C20H30O4. The summed E-state index contributed by atoms with van der Waals surface area (Å²) in [6.45, 7) is 9.75. The molecule has 134 valence electrons. The lowest BCUT2D eigenvalue weighted by Crippen LogP contribution is -2.57. The number of Topliss-reactive ketones (excluding diaryl/α,β-unsaturated/α-hetero) is 1. The Kier molecular flexibility index (Phi) is 4.10. The van der Waals surface area contributed by atoms with Gasteiger partial charge < -0.3 is 14.9 Å². The minimum absolute atomic E-state index is 0.133. The van der Waals surface area contributed by atoms with E-state index in [4.69, 9.17) is 4.74 Å². The maximum atomic E-state index is 13.0. The zero-order valence-corrected chi connectivity index (χ0v) is 15.4. The molecule has 1 heterocycles. The van der Waals surface area contributed by atoms with E-state index in [0.29, 0.717) is 5.57 Å². The summed E-state index contributed by atoms with van der Waals surface area (Å²) >= 11 is 0. The van der Waals surface area contributed by atoms with Gasteiger partial charge in [0.15, 0.2) is 5.78 Å². The summed E-state index contributed by atoms with van der Waals surface area (Å²) in [7, 11) is 0. The summed E-state index contributed by atoms with van der Waals surface area (Å²) in [5.41, 5.74) is -0.695. The quantitative estimate of drug-likeness (QED) is 0.528. The minimum atomic E-state index is -1.28. The van der Waals surface area contributed by atoms with E-state index in [9.17, 15) is 15.0 Å². The average Bonchev–Trinajstić information content (AvgIpc) is 3.18. The first kappa shape index (κ1) is 17.8. The summed E-state index contributed by atoms with van der Waals surface area (Å²) in [5.74, 6) is -0.299. The molecule has 1 aliphatic heterocycles. The number of carbonyl (C=O) groups excluding carboxylic acids is 1. The maximum Gasteiger partial charge on any atom is 0.193 e.